The van der Waals surface area contributed by atoms with Gasteiger partial charge in [-0.1, -0.05) is 0 Å². The molecule has 0 unspecified atom stereocenters. The molecule has 1 aliphatic rings. The highest BCUT2D eigenvalue weighted by Crippen LogP contribution is 2.35. The van der Waals surface area contributed by atoms with E-state index in [0.29, 0.717) is 10.5 Å². The monoisotopic (exact) mass is 350 g/mol. The van der Waals surface area contributed by atoms with Crippen LogP contribution in [0.1, 0.15) is 16.1 Å². The number of halogens is 2. The highest BCUT2D eigenvalue weighted by Gasteiger charge is 2.27. The first kappa shape index (κ1) is 16.4. The minimum Gasteiger partial charge on any atom is -0.464 e. The molecule has 1 amide bonds. The predicted octanol–water partition coefficient (Wildman–Crippen LogP) is 2.79. The van der Waals surface area contributed by atoms with Crippen LogP contribution in [0.3, 0.4) is 0 Å². The summed E-state index contributed by atoms with van der Waals surface area (Å²) in [6.07, 6.45) is 0. The molecular formula is C16H12F2N2O3S. The van der Waals surface area contributed by atoms with Crippen molar-refractivity contribution in [2.24, 2.45) is 0 Å². The summed E-state index contributed by atoms with van der Waals surface area (Å²) in [6, 6.07) is 6.25. The van der Waals surface area contributed by atoms with E-state index < -0.39 is 17.6 Å². The fourth-order valence-electron chi connectivity index (χ4n) is 2.34. The Kier molecular flexibility index (Phi) is 4.48. The zero-order chi connectivity index (χ0) is 17.3. The molecule has 0 atom stereocenters. The lowest BCUT2D eigenvalue weighted by atomic mass is 10.2. The smallest absolute Gasteiger partial charge is 0.356 e. The van der Waals surface area contributed by atoms with E-state index in [-0.39, 0.29) is 29.7 Å². The number of esters is 1. The van der Waals surface area contributed by atoms with E-state index >= 15 is 0 Å². The molecule has 0 radical (unpaired) electrons. The lowest BCUT2D eigenvalue weighted by molar-refractivity contribution is -0.116. The second-order valence-corrected chi connectivity index (χ2v) is 6.07. The molecule has 1 aromatic heterocycles. The third kappa shape index (κ3) is 3.23. The summed E-state index contributed by atoms with van der Waals surface area (Å²) in [4.78, 5) is 30.1. The first-order valence-electron chi connectivity index (χ1n) is 6.95. The van der Waals surface area contributed by atoms with Gasteiger partial charge in [-0.2, -0.15) is 0 Å². The minimum atomic E-state index is -0.722. The summed E-state index contributed by atoms with van der Waals surface area (Å²) in [5.41, 5.74) is 0.353. The summed E-state index contributed by atoms with van der Waals surface area (Å²) in [7, 11) is 1.23. The lowest BCUT2D eigenvalue weighted by Crippen LogP contribution is -2.36. The van der Waals surface area contributed by atoms with Gasteiger partial charge in [0.2, 0.25) is 5.91 Å². The van der Waals surface area contributed by atoms with Crippen molar-refractivity contribution in [2.45, 2.75) is 11.4 Å². The van der Waals surface area contributed by atoms with Crippen molar-refractivity contribution in [3.8, 4) is 0 Å². The molecule has 2 heterocycles. The Labute approximate surface area is 140 Å². The number of ether oxygens (including phenoxy) is 1. The van der Waals surface area contributed by atoms with Crippen LogP contribution >= 0.6 is 11.8 Å². The van der Waals surface area contributed by atoms with Gasteiger partial charge in [0.15, 0.2) is 5.69 Å². The minimum absolute atomic E-state index is 0.0430. The number of benzene rings is 1. The van der Waals surface area contributed by atoms with E-state index in [1.165, 1.54) is 29.8 Å². The van der Waals surface area contributed by atoms with E-state index in [2.05, 4.69) is 9.72 Å². The second-order valence-electron chi connectivity index (χ2n) is 5.06. The topological polar surface area (TPSA) is 59.5 Å². The SMILES string of the molecule is COC(=O)c1ccc2c(n1)N(Cc1cc(F)cc(F)c1)C(=O)CS2. The summed E-state index contributed by atoms with van der Waals surface area (Å²) < 4.78 is 31.4. The molecule has 0 fully saturated rings. The van der Waals surface area contributed by atoms with E-state index in [4.69, 9.17) is 0 Å². The van der Waals surface area contributed by atoms with E-state index in [9.17, 15) is 18.4 Å². The van der Waals surface area contributed by atoms with Crippen molar-refractivity contribution in [3.63, 3.8) is 0 Å². The molecule has 5 nitrogen and oxygen atoms in total. The van der Waals surface area contributed by atoms with Crippen molar-refractivity contribution in [1.29, 1.82) is 0 Å². The van der Waals surface area contributed by atoms with Crippen LogP contribution in [0, 0.1) is 11.6 Å². The van der Waals surface area contributed by atoms with Crippen LogP contribution in [0.15, 0.2) is 35.2 Å². The fraction of sp³-hybridized carbons (Fsp3) is 0.188. The zero-order valence-electron chi connectivity index (χ0n) is 12.6. The van der Waals surface area contributed by atoms with Crippen LogP contribution in [0.25, 0.3) is 0 Å². The van der Waals surface area contributed by atoms with Gasteiger partial charge in [0.1, 0.15) is 17.5 Å². The molecule has 0 aliphatic carbocycles. The average Bonchev–Trinajstić information content (AvgIpc) is 2.55. The van der Waals surface area contributed by atoms with E-state index in [0.717, 1.165) is 18.2 Å². The quantitative estimate of drug-likeness (QED) is 0.797. The maximum atomic E-state index is 13.4. The molecule has 124 valence electrons. The van der Waals surface area contributed by atoms with Gasteiger partial charge in [0.05, 0.1) is 24.3 Å². The van der Waals surface area contributed by atoms with Crippen LogP contribution in [0.2, 0.25) is 0 Å². The van der Waals surface area contributed by atoms with Gasteiger partial charge in [-0.3, -0.25) is 9.69 Å². The molecule has 0 spiro atoms. The maximum absolute atomic E-state index is 13.4. The Morgan fingerprint density at radius 2 is 2.00 bits per heavy atom. The Morgan fingerprint density at radius 1 is 1.29 bits per heavy atom. The third-order valence-electron chi connectivity index (χ3n) is 3.40. The molecule has 8 heteroatoms. The number of aromatic nitrogens is 1. The number of amides is 1. The summed E-state index contributed by atoms with van der Waals surface area (Å²) in [5.74, 6) is -1.86. The van der Waals surface area contributed by atoms with Crippen LogP contribution < -0.4 is 4.90 Å². The second kappa shape index (κ2) is 6.56. The molecule has 1 aromatic carbocycles. The molecule has 1 aliphatic heterocycles. The normalized spacial score (nSPS) is 13.6. The number of carbonyl (C=O) groups excluding carboxylic acids is 2. The maximum Gasteiger partial charge on any atom is 0.356 e. The third-order valence-corrected chi connectivity index (χ3v) is 4.43. The van der Waals surface area contributed by atoms with Crippen molar-refractivity contribution < 1.29 is 23.1 Å². The number of fused-ring (bicyclic) bond motifs is 1. The van der Waals surface area contributed by atoms with Gasteiger partial charge in [0, 0.05) is 6.07 Å². The first-order chi connectivity index (χ1) is 11.5. The fourth-order valence-corrected chi connectivity index (χ4v) is 3.23. The number of pyridine rings is 1. The van der Waals surface area contributed by atoms with Gasteiger partial charge in [-0.05, 0) is 29.8 Å². The summed E-state index contributed by atoms with van der Waals surface area (Å²) in [5, 5.41) is 0. The average molecular weight is 350 g/mol. The molecular weight excluding hydrogens is 338 g/mol. The highest BCUT2D eigenvalue weighted by molar-refractivity contribution is 8.00. The number of hydrogen-bond acceptors (Lipinski definition) is 5. The largest absolute Gasteiger partial charge is 0.464 e. The molecule has 0 N–H and O–H groups in total. The molecule has 0 saturated heterocycles. The van der Waals surface area contributed by atoms with Crippen molar-refractivity contribution in [2.75, 3.05) is 17.8 Å². The number of carbonyl (C=O) groups is 2. The summed E-state index contributed by atoms with van der Waals surface area (Å²) in [6.45, 7) is -0.0430. The molecule has 2 aromatic rings. The number of anilines is 1. The Morgan fingerprint density at radius 3 is 2.67 bits per heavy atom. The van der Waals surface area contributed by atoms with Crippen LogP contribution in [-0.2, 0) is 16.1 Å². The Hall–Kier alpha value is -2.48. The molecule has 3 rings (SSSR count). The van der Waals surface area contributed by atoms with E-state index in [1.807, 2.05) is 0 Å². The molecule has 0 bridgehead atoms. The first-order valence-corrected chi connectivity index (χ1v) is 7.94. The van der Waals surface area contributed by atoms with Gasteiger partial charge in [-0.15, -0.1) is 11.8 Å². The summed E-state index contributed by atoms with van der Waals surface area (Å²) >= 11 is 1.29. The van der Waals surface area contributed by atoms with Crippen LogP contribution in [0.4, 0.5) is 14.6 Å². The zero-order valence-corrected chi connectivity index (χ0v) is 13.4. The van der Waals surface area contributed by atoms with Gasteiger partial charge in [-0.25, -0.2) is 18.6 Å². The standard InChI is InChI=1S/C16H12F2N2O3S/c1-23-16(22)12-2-3-13-15(19-12)20(14(21)8-24-13)7-9-4-10(17)6-11(18)5-9/h2-6H,7-8H2,1H3. The van der Waals surface area contributed by atoms with E-state index in [1.54, 1.807) is 6.07 Å². The lowest BCUT2D eigenvalue weighted by Gasteiger charge is -2.28. The number of hydrogen-bond donors (Lipinski definition) is 0. The van der Waals surface area contributed by atoms with Crippen LogP contribution in [0.5, 0.6) is 0 Å². The van der Waals surface area contributed by atoms with Crippen LogP contribution in [-0.4, -0.2) is 29.7 Å². The van der Waals surface area contributed by atoms with Crippen molar-refractivity contribution in [3.05, 3.63) is 53.2 Å². The Bertz CT molecular complexity index is 809. The van der Waals surface area contributed by atoms with Crippen molar-refractivity contribution in [1.82, 2.24) is 4.98 Å². The molecule has 0 saturated carbocycles. The molecule has 24 heavy (non-hydrogen) atoms. The van der Waals surface area contributed by atoms with Crippen molar-refractivity contribution >= 4 is 29.5 Å². The number of methoxy groups -OCH3 is 1. The number of rotatable bonds is 3. The van der Waals surface area contributed by atoms with Gasteiger partial charge in [0.25, 0.3) is 0 Å². The number of nitrogens with zero attached hydrogens (tertiary/aromatic N) is 2. The Balaban J connectivity index is 1.99. The van der Waals surface area contributed by atoms with Gasteiger partial charge < -0.3 is 4.74 Å². The predicted molar refractivity (Wildman–Crippen MR) is 83.8 cm³/mol. The highest BCUT2D eigenvalue weighted by atomic mass is 32.2. The van der Waals surface area contributed by atoms with Gasteiger partial charge >= 0.3 is 5.97 Å². The number of thioether (sulfide) groups is 1.